The molecule has 1 saturated heterocycles. The molecule has 1 aliphatic rings. The Balaban J connectivity index is 2.02. The molecule has 1 N–H and O–H groups in total. The summed E-state index contributed by atoms with van der Waals surface area (Å²) in [5.74, 6) is 0.602. The van der Waals surface area contributed by atoms with Crippen LogP contribution in [0.2, 0.25) is 0 Å². The van der Waals surface area contributed by atoms with Gasteiger partial charge < -0.3 is 10.2 Å². The molecule has 0 aromatic heterocycles. The number of nitrogens with one attached hydrogen (secondary N) is 1. The molecule has 0 spiro atoms. The summed E-state index contributed by atoms with van der Waals surface area (Å²) in [7, 11) is 0. The average Bonchev–Trinajstić information content (AvgIpc) is 2.32. The van der Waals surface area contributed by atoms with Crippen molar-refractivity contribution in [2.75, 3.05) is 18.4 Å². The van der Waals surface area contributed by atoms with E-state index >= 15 is 0 Å². The lowest BCUT2D eigenvalue weighted by atomic mass is 10.0. The van der Waals surface area contributed by atoms with E-state index in [0.717, 1.165) is 33.2 Å². The van der Waals surface area contributed by atoms with Gasteiger partial charge in [-0.25, -0.2) is 4.79 Å². The minimum atomic E-state index is 0.00320. The third-order valence-electron chi connectivity index (χ3n) is 3.12. The monoisotopic (exact) mass is 422 g/mol. The number of urea groups is 1. The lowest BCUT2D eigenvalue weighted by molar-refractivity contribution is 0.182. The Morgan fingerprint density at radius 2 is 2.33 bits per heavy atom. The number of piperidine rings is 1. The number of hydrogen-bond donors (Lipinski definition) is 1. The van der Waals surface area contributed by atoms with Crippen molar-refractivity contribution in [2.24, 2.45) is 5.92 Å². The average molecular weight is 423 g/mol. The molecule has 1 atom stereocenters. The molecule has 0 aliphatic carbocycles. The SMILES string of the molecule is CC1CCCN(C(=O)Nc2ccc(I)cc2Br)C1. The first-order chi connectivity index (χ1) is 8.56. The van der Waals surface area contributed by atoms with E-state index in [2.05, 4.69) is 50.8 Å². The van der Waals surface area contributed by atoms with Crippen LogP contribution in [-0.2, 0) is 0 Å². The second-order valence-corrected chi connectivity index (χ2v) is 6.85. The fourth-order valence-electron chi connectivity index (χ4n) is 2.16. The Hall–Kier alpha value is -0.300. The summed E-state index contributed by atoms with van der Waals surface area (Å²) < 4.78 is 2.07. The van der Waals surface area contributed by atoms with Crippen LogP contribution >= 0.6 is 38.5 Å². The lowest BCUT2D eigenvalue weighted by Crippen LogP contribution is -2.41. The molecule has 5 heteroatoms. The molecule has 1 heterocycles. The summed E-state index contributed by atoms with van der Waals surface area (Å²) in [4.78, 5) is 14.0. The van der Waals surface area contributed by atoms with Crippen molar-refractivity contribution < 1.29 is 4.79 Å². The number of rotatable bonds is 1. The second kappa shape index (κ2) is 6.23. The van der Waals surface area contributed by atoms with E-state index < -0.39 is 0 Å². The maximum absolute atomic E-state index is 12.1. The van der Waals surface area contributed by atoms with Crippen LogP contribution in [0.1, 0.15) is 19.8 Å². The highest BCUT2D eigenvalue weighted by molar-refractivity contribution is 14.1. The van der Waals surface area contributed by atoms with Crippen LogP contribution in [0.25, 0.3) is 0 Å². The first-order valence-corrected chi connectivity index (χ1v) is 7.94. The van der Waals surface area contributed by atoms with Crippen molar-refractivity contribution in [3.63, 3.8) is 0 Å². The topological polar surface area (TPSA) is 32.3 Å². The summed E-state index contributed by atoms with van der Waals surface area (Å²) in [6.45, 7) is 3.91. The smallest absolute Gasteiger partial charge is 0.321 e. The molecular formula is C13H16BrIN2O. The molecule has 3 nitrogen and oxygen atoms in total. The molecule has 2 amide bonds. The summed E-state index contributed by atoms with van der Waals surface area (Å²) in [6, 6.07) is 5.91. The van der Waals surface area contributed by atoms with Crippen LogP contribution in [0.5, 0.6) is 0 Å². The van der Waals surface area contributed by atoms with E-state index in [9.17, 15) is 4.79 Å². The molecule has 2 rings (SSSR count). The van der Waals surface area contributed by atoms with E-state index in [1.807, 2.05) is 23.1 Å². The predicted octanol–water partition coefficient (Wildman–Crippen LogP) is 4.32. The molecule has 0 radical (unpaired) electrons. The maximum atomic E-state index is 12.1. The number of carbonyl (C=O) groups excluding carboxylic acids is 1. The minimum absolute atomic E-state index is 0.00320. The fraction of sp³-hybridized carbons (Fsp3) is 0.462. The van der Waals surface area contributed by atoms with Crippen molar-refractivity contribution in [1.82, 2.24) is 4.90 Å². The number of halogens is 2. The van der Waals surface area contributed by atoms with Crippen molar-refractivity contribution in [3.8, 4) is 0 Å². The van der Waals surface area contributed by atoms with Crippen molar-refractivity contribution in [2.45, 2.75) is 19.8 Å². The van der Waals surface area contributed by atoms with E-state index in [1.54, 1.807) is 0 Å². The summed E-state index contributed by atoms with van der Waals surface area (Å²) in [6.07, 6.45) is 2.32. The molecule has 1 unspecified atom stereocenters. The van der Waals surface area contributed by atoms with Gasteiger partial charge in [0, 0.05) is 21.1 Å². The summed E-state index contributed by atoms with van der Waals surface area (Å²) in [5.41, 5.74) is 0.832. The quantitative estimate of drug-likeness (QED) is 0.671. The molecule has 98 valence electrons. The number of amides is 2. The molecule has 1 fully saturated rings. The highest BCUT2D eigenvalue weighted by atomic mass is 127. The van der Waals surface area contributed by atoms with Gasteiger partial charge in [0.05, 0.1) is 5.69 Å². The van der Waals surface area contributed by atoms with Gasteiger partial charge in [-0.05, 0) is 75.5 Å². The molecule has 0 saturated carbocycles. The van der Waals surface area contributed by atoms with Gasteiger partial charge >= 0.3 is 6.03 Å². The number of anilines is 1. The standard InChI is InChI=1S/C13H16BrIN2O/c1-9-3-2-6-17(8-9)13(18)16-12-5-4-10(15)7-11(12)14/h4-5,7,9H,2-3,6,8H2,1H3,(H,16,18). The Labute approximate surface area is 130 Å². The van der Waals surface area contributed by atoms with Crippen molar-refractivity contribution in [3.05, 3.63) is 26.2 Å². The molecule has 1 aromatic carbocycles. The molecule has 1 aromatic rings. The molecule has 0 bridgehead atoms. The number of nitrogens with zero attached hydrogens (tertiary/aromatic N) is 1. The van der Waals surface area contributed by atoms with Gasteiger partial charge in [0.2, 0.25) is 0 Å². The lowest BCUT2D eigenvalue weighted by Gasteiger charge is -2.31. The van der Waals surface area contributed by atoms with Gasteiger partial charge in [0.1, 0.15) is 0 Å². The van der Waals surface area contributed by atoms with Crippen LogP contribution in [0.3, 0.4) is 0 Å². The van der Waals surface area contributed by atoms with Gasteiger partial charge in [0.15, 0.2) is 0 Å². The maximum Gasteiger partial charge on any atom is 0.321 e. The Kier molecular flexibility index (Phi) is 4.89. The van der Waals surface area contributed by atoms with E-state index in [-0.39, 0.29) is 6.03 Å². The van der Waals surface area contributed by atoms with Crippen LogP contribution < -0.4 is 5.32 Å². The third-order valence-corrected chi connectivity index (χ3v) is 4.44. The number of likely N-dealkylation sites (tertiary alicyclic amines) is 1. The van der Waals surface area contributed by atoms with E-state index in [4.69, 9.17) is 0 Å². The van der Waals surface area contributed by atoms with Crippen LogP contribution in [-0.4, -0.2) is 24.0 Å². The summed E-state index contributed by atoms with van der Waals surface area (Å²) in [5, 5.41) is 2.96. The van der Waals surface area contributed by atoms with Crippen LogP contribution in [0, 0.1) is 9.49 Å². The normalized spacial score (nSPS) is 19.7. The van der Waals surface area contributed by atoms with Gasteiger partial charge in [-0.2, -0.15) is 0 Å². The third kappa shape index (κ3) is 3.60. The minimum Gasteiger partial charge on any atom is -0.324 e. The van der Waals surface area contributed by atoms with Gasteiger partial charge in [-0.15, -0.1) is 0 Å². The zero-order chi connectivity index (χ0) is 13.1. The van der Waals surface area contributed by atoms with Gasteiger partial charge in [-0.3, -0.25) is 0 Å². The highest BCUT2D eigenvalue weighted by Crippen LogP contribution is 2.25. The Morgan fingerprint density at radius 3 is 3.00 bits per heavy atom. The van der Waals surface area contributed by atoms with Crippen LogP contribution in [0.4, 0.5) is 10.5 Å². The molecular weight excluding hydrogens is 407 g/mol. The Bertz CT molecular complexity index is 453. The molecule has 1 aliphatic heterocycles. The van der Waals surface area contributed by atoms with Gasteiger partial charge in [0.25, 0.3) is 0 Å². The van der Waals surface area contributed by atoms with Crippen molar-refractivity contribution >= 4 is 50.2 Å². The van der Waals surface area contributed by atoms with Crippen molar-refractivity contribution in [1.29, 1.82) is 0 Å². The van der Waals surface area contributed by atoms with E-state index in [1.165, 1.54) is 6.42 Å². The zero-order valence-electron chi connectivity index (χ0n) is 10.2. The van der Waals surface area contributed by atoms with Crippen LogP contribution in [0.15, 0.2) is 22.7 Å². The number of carbonyl (C=O) groups is 1. The second-order valence-electron chi connectivity index (χ2n) is 4.75. The first kappa shape index (κ1) is 14.1. The fourth-order valence-corrected chi connectivity index (χ4v) is 3.56. The predicted molar refractivity (Wildman–Crippen MR) is 85.8 cm³/mol. The number of hydrogen-bond acceptors (Lipinski definition) is 1. The zero-order valence-corrected chi connectivity index (χ0v) is 14.0. The molecule has 18 heavy (non-hydrogen) atoms. The first-order valence-electron chi connectivity index (χ1n) is 6.07. The summed E-state index contributed by atoms with van der Waals surface area (Å²) >= 11 is 5.72. The Morgan fingerprint density at radius 1 is 1.56 bits per heavy atom. The van der Waals surface area contributed by atoms with Gasteiger partial charge in [-0.1, -0.05) is 6.92 Å². The number of benzene rings is 1. The largest absolute Gasteiger partial charge is 0.324 e. The highest BCUT2D eigenvalue weighted by Gasteiger charge is 2.21. The van der Waals surface area contributed by atoms with E-state index in [0.29, 0.717) is 5.92 Å².